The molecule has 0 aliphatic carbocycles. The smallest absolute Gasteiger partial charge is 0.307 e. The maximum atomic E-state index is 12.2. The largest absolute Gasteiger partial charge is 0.324 e. The van der Waals surface area contributed by atoms with Crippen molar-refractivity contribution in [2.24, 2.45) is 0 Å². The lowest BCUT2D eigenvalue weighted by Crippen LogP contribution is -2.19. The number of anilines is 1. The van der Waals surface area contributed by atoms with Crippen LogP contribution >= 0.6 is 11.8 Å². The van der Waals surface area contributed by atoms with Gasteiger partial charge in [-0.15, -0.1) is 0 Å². The van der Waals surface area contributed by atoms with Crippen LogP contribution in [0.2, 0.25) is 0 Å². The quantitative estimate of drug-likeness (QED) is 0.460. The van der Waals surface area contributed by atoms with E-state index >= 15 is 0 Å². The van der Waals surface area contributed by atoms with E-state index in [1.54, 1.807) is 6.07 Å². The molecule has 1 aromatic heterocycles. The molecule has 0 atom stereocenters. The Morgan fingerprint density at radius 1 is 1.07 bits per heavy atom. The summed E-state index contributed by atoms with van der Waals surface area (Å²) in [5.74, 6) is -0.519. The van der Waals surface area contributed by atoms with Crippen molar-refractivity contribution < 1.29 is 14.6 Å². The lowest BCUT2D eigenvalue weighted by Gasteiger charge is -2.08. The van der Waals surface area contributed by atoms with Gasteiger partial charge < -0.3 is 5.32 Å². The van der Waals surface area contributed by atoms with Crippen LogP contribution in [0.5, 0.6) is 0 Å². The molecular weight excluding hydrogens is 398 g/mol. The van der Waals surface area contributed by atoms with Gasteiger partial charge in [0.15, 0.2) is 0 Å². The number of hydrogen-bond acceptors (Lipinski definition) is 7. The highest BCUT2D eigenvalue weighted by Gasteiger charge is 2.15. The molecule has 0 saturated heterocycles. The Kier molecular flexibility index (Phi) is 5.88. The number of amides is 1. The van der Waals surface area contributed by atoms with Crippen molar-refractivity contribution in [1.82, 2.24) is 9.78 Å². The summed E-state index contributed by atoms with van der Waals surface area (Å²) in [6.07, 6.45) is 2.17. The van der Waals surface area contributed by atoms with Gasteiger partial charge in [-0.2, -0.15) is 5.10 Å². The van der Waals surface area contributed by atoms with Gasteiger partial charge in [-0.05, 0) is 25.1 Å². The number of aryl methyl sites for hydroxylation is 1. The minimum absolute atomic E-state index is 0.160. The summed E-state index contributed by atoms with van der Waals surface area (Å²) in [5.41, 5.74) is 0.956. The van der Waals surface area contributed by atoms with Crippen LogP contribution in [0.4, 0.5) is 17.1 Å². The molecule has 0 spiro atoms. The molecule has 2 aromatic carbocycles. The third-order valence-electron chi connectivity index (χ3n) is 3.78. The van der Waals surface area contributed by atoms with Crippen molar-refractivity contribution in [2.75, 3.05) is 5.32 Å². The van der Waals surface area contributed by atoms with Crippen LogP contribution < -0.4 is 5.32 Å². The second-order valence-electron chi connectivity index (χ2n) is 6.09. The fourth-order valence-corrected chi connectivity index (χ4v) is 3.35. The number of carbonyl (C=O) groups excluding carboxylic acids is 1. The molecule has 0 saturated carbocycles. The van der Waals surface area contributed by atoms with Gasteiger partial charge in [-0.25, -0.2) is 0 Å². The Morgan fingerprint density at radius 2 is 1.76 bits per heavy atom. The van der Waals surface area contributed by atoms with E-state index in [0.29, 0.717) is 4.90 Å². The molecule has 3 rings (SSSR count). The van der Waals surface area contributed by atoms with Gasteiger partial charge in [-0.3, -0.25) is 29.7 Å². The summed E-state index contributed by atoms with van der Waals surface area (Å²) in [4.78, 5) is 34.5. The Bertz CT molecular complexity index is 1080. The Morgan fingerprint density at radius 3 is 2.38 bits per heavy atom. The molecule has 3 aromatic rings. The molecule has 0 aliphatic rings. The molecule has 0 bridgehead atoms. The first kappa shape index (κ1) is 20.0. The highest BCUT2D eigenvalue weighted by atomic mass is 32.2. The lowest BCUT2D eigenvalue weighted by molar-refractivity contribution is -0.385. The number of nitro benzene ring substituents is 1. The standard InChI is InChI=1S/C18H15N5O5S/c1-12-2-4-16(5-3-12)29-17-7-13(6-14(8-17)22(25)26)20-18(24)11-21-10-15(9-19-21)23(27)28/h2-10H,11H2,1H3,(H,20,24). The first-order valence-electron chi connectivity index (χ1n) is 8.31. The molecule has 11 heteroatoms. The second-order valence-corrected chi connectivity index (χ2v) is 7.24. The van der Waals surface area contributed by atoms with Crippen LogP contribution in [0.15, 0.2) is 64.6 Å². The van der Waals surface area contributed by atoms with Gasteiger partial charge in [0.2, 0.25) is 5.91 Å². The molecule has 1 N–H and O–H groups in total. The minimum atomic E-state index is -0.615. The van der Waals surface area contributed by atoms with Gasteiger partial charge in [0.1, 0.15) is 18.9 Å². The van der Waals surface area contributed by atoms with E-state index in [4.69, 9.17) is 0 Å². The van der Waals surface area contributed by atoms with E-state index in [1.807, 2.05) is 31.2 Å². The van der Waals surface area contributed by atoms with Crippen molar-refractivity contribution in [1.29, 1.82) is 0 Å². The third-order valence-corrected chi connectivity index (χ3v) is 4.76. The first-order valence-corrected chi connectivity index (χ1v) is 9.12. The number of nitrogens with one attached hydrogen (secondary N) is 1. The lowest BCUT2D eigenvalue weighted by atomic mass is 10.2. The monoisotopic (exact) mass is 413 g/mol. The van der Waals surface area contributed by atoms with E-state index < -0.39 is 15.8 Å². The summed E-state index contributed by atoms with van der Waals surface area (Å²) >= 11 is 1.33. The van der Waals surface area contributed by atoms with Crippen LogP contribution in [0.1, 0.15) is 5.56 Å². The van der Waals surface area contributed by atoms with E-state index in [2.05, 4.69) is 10.4 Å². The fraction of sp³-hybridized carbons (Fsp3) is 0.111. The summed E-state index contributed by atoms with van der Waals surface area (Å²) in [7, 11) is 0. The van der Waals surface area contributed by atoms with Gasteiger partial charge >= 0.3 is 5.69 Å². The molecule has 0 fully saturated rings. The van der Waals surface area contributed by atoms with Crippen LogP contribution in [0, 0.1) is 27.2 Å². The number of non-ortho nitro benzene ring substituents is 1. The molecule has 1 heterocycles. The molecule has 0 unspecified atom stereocenters. The Balaban J connectivity index is 1.77. The van der Waals surface area contributed by atoms with Crippen molar-refractivity contribution >= 4 is 34.7 Å². The first-order chi connectivity index (χ1) is 13.8. The Labute approximate surface area is 168 Å². The molecular formula is C18H15N5O5S. The van der Waals surface area contributed by atoms with Crippen molar-refractivity contribution in [3.05, 3.63) is 80.7 Å². The zero-order valence-electron chi connectivity index (χ0n) is 15.1. The van der Waals surface area contributed by atoms with Crippen LogP contribution in [0.25, 0.3) is 0 Å². The van der Waals surface area contributed by atoms with E-state index in [-0.39, 0.29) is 23.6 Å². The zero-order chi connectivity index (χ0) is 21.0. The minimum Gasteiger partial charge on any atom is -0.324 e. The second kappa shape index (κ2) is 8.52. The summed E-state index contributed by atoms with van der Waals surface area (Å²) in [5, 5.41) is 28.3. The number of aromatic nitrogens is 2. The van der Waals surface area contributed by atoms with E-state index in [1.165, 1.54) is 23.9 Å². The maximum Gasteiger partial charge on any atom is 0.307 e. The predicted octanol–water partition coefficient (Wildman–Crippen LogP) is 3.80. The topological polar surface area (TPSA) is 133 Å². The highest BCUT2D eigenvalue weighted by molar-refractivity contribution is 7.99. The average molecular weight is 413 g/mol. The number of rotatable bonds is 7. The maximum absolute atomic E-state index is 12.2. The third kappa shape index (κ3) is 5.39. The number of carbonyl (C=O) groups is 1. The molecule has 1 amide bonds. The molecule has 29 heavy (non-hydrogen) atoms. The van der Waals surface area contributed by atoms with Crippen LogP contribution in [-0.4, -0.2) is 25.5 Å². The average Bonchev–Trinajstić information content (AvgIpc) is 3.12. The van der Waals surface area contributed by atoms with Crippen molar-refractivity contribution in [3.8, 4) is 0 Å². The predicted molar refractivity (Wildman–Crippen MR) is 106 cm³/mol. The fourth-order valence-electron chi connectivity index (χ4n) is 2.44. The number of nitro groups is 2. The molecule has 0 aliphatic heterocycles. The normalized spacial score (nSPS) is 10.5. The van der Waals surface area contributed by atoms with Crippen LogP contribution in [0.3, 0.4) is 0 Å². The number of hydrogen-bond donors (Lipinski definition) is 1. The number of nitrogens with zero attached hydrogens (tertiary/aromatic N) is 4. The van der Waals surface area contributed by atoms with E-state index in [9.17, 15) is 25.0 Å². The summed E-state index contributed by atoms with van der Waals surface area (Å²) in [6, 6.07) is 12.0. The zero-order valence-corrected chi connectivity index (χ0v) is 16.0. The van der Waals surface area contributed by atoms with Crippen molar-refractivity contribution in [3.63, 3.8) is 0 Å². The molecule has 0 radical (unpaired) electrons. The van der Waals surface area contributed by atoms with E-state index in [0.717, 1.165) is 27.5 Å². The van der Waals surface area contributed by atoms with Gasteiger partial charge in [-0.1, -0.05) is 29.5 Å². The van der Waals surface area contributed by atoms with Gasteiger partial charge in [0, 0.05) is 27.6 Å². The number of benzene rings is 2. The summed E-state index contributed by atoms with van der Waals surface area (Å²) in [6.45, 7) is 1.70. The SMILES string of the molecule is Cc1ccc(Sc2cc(NC(=O)Cn3cc([N+](=O)[O-])cn3)cc([N+](=O)[O-])c2)cc1. The van der Waals surface area contributed by atoms with Gasteiger partial charge in [0.25, 0.3) is 5.69 Å². The summed E-state index contributed by atoms with van der Waals surface area (Å²) < 4.78 is 1.12. The van der Waals surface area contributed by atoms with Crippen molar-refractivity contribution in [2.45, 2.75) is 23.3 Å². The molecule has 10 nitrogen and oxygen atoms in total. The van der Waals surface area contributed by atoms with Gasteiger partial charge in [0.05, 0.1) is 9.85 Å². The Hall–Kier alpha value is -3.73. The van der Waals surface area contributed by atoms with Crippen LogP contribution in [-0.2, 0) is 11.3 Å². The molecule has 148 valence electrons. The highest BCUT2D eigenvalue weighted by Crippen LogP contribution is 2.33.